The molecule has 0 radical (unpaired) electrons. The molecular formula is C16H22N2O5. The van der Waals surface area contributed by atoms with Gasteiger partial charge < -0.3 is 19.1 Å². The summed E-state index contributed by atoms with van der Waals surface area (Å²) in [6, 6.07) is 3.24. The first-order valence-electron chi connectivity index (χ1n) is 7.44. The molecule has 2 rings (SSSR count). The van der Waals surface area contributed by atoms with E-state index in [-0.39, 0.29) is 12.3 Å². The van der Waals surface area contributed by atoms with Gasteiger partial charge in [0.05, 0.1) is 20.3 Å². The number of nitrogens with zero attached hydrogens (tertiary/aromatic N) is 2. The Bertz CT molecular complexity index is 565. The highest BCUT2D eigenvalue weighted by molar-refractivity contribution is 5.99. The number of aromatic nitrogens is 1. The zero-order valence-corrected chi connectivity index (χ0v) is 13.9. The van der Waals surface area contributed by atoms with Crippen LogP contribution >= 0.6 is 0 Å². The maximum absolute atomic E-state index is 12.5. The molecule has 0 saturated carbocycles. The third-order valence-corrected chi connectivity index (χ3v) is 3.24. The Kier molecular flexibility index (Phi) is 5.20. The number of hydrogen-bond acceptors (Lipinski definition) is 6. The molecule has 2 heterocycles. The lowest BCUT2D eigenvalue weighted by Gasteiger charge is -2.33. The lowest BCUT2D eigenvalue weighted by molar-refractivity contribution is -0.0321. The summed E-state index contributed by atoms with van der Waals surface area (Å²) < 4.78 is 15.8. The molecule has 1 fully saturated rings. The van der Waals surface area contributed by atoms with Crippen molar-refractivity contribution in [2.45, 2.75) is 32.5 Å². The van der Waals surface area contributed by atoms with Gasteiger partial charge in [0, 0.05) is 24.4 Å². The number of amides is 1. The third kappa shape index (κ3) is 4.66. The highest BCUT2D eigenvalue weighted by Crippen LogP contribution is 2.16. The molecule has 7 nitrogen and oxygen atoms in total. The molecule has 1 saturated heterocycles. The number of carbonyl (C=O) groups excluding carboxylic acids is 2. The zero-order valence-electron chi connectivity index (χ0n) is 13.9. The number of hydrogen-bond donors (Lipinski definition) is 0. The van der Waals surface area contributed by atoms with Crippen molar-refractivity contribution in [3.05, 3.63) is 23.9 Å². The van der Waals surface area contributed by atoms with E-state index in [1.165, 1.54) is 18.2 Å². The molecule has 126 valence electrons. The van der Waals surface area contributed by atoms with E-state index in [2.05, 4.69) is 4.98 Å². The number of carbonyl (C=O) groups is 2. The van der Waals surface area contributed by atoms with Gasteiger partial charge >= 0.3 is 6.09 Å². The van der Waals surface area contributed by atoms with Crippen LogP contribution < -0.4 is 4.74 Å². The first-order chi connectivity index (χ1) is 10.8. The largest absolute Gasteiger partial charge is 0.481 e. The first kappa shape index (κ1) is 17.2. The topological polar surface area (TPSA) is 78.0 Å². The van der Waals surface area contributed by atoms with Crippen LogP contribution in [0.2, 0.25) is 0 Å². The van der Waals surface area contributed by atoms with E-state index in [0.29, 0.717) is 24.6 Å². The normalized spacial score (nSPS) is 18.4. The molecule has 1 aliphatic rings. The van der Waals surface area contributed by atoms with Crippen LogP contribution in [0.4, 0.5) is 4.79 Å². The first-order valence-corrected chi connectivity index (χ1v) is 7.44. The van der Waals surface area contributed by atoms with Crippen LogP contribution in [0.5, 0.6) is 5.88 Å². The van der Waals surface area contributed by atoms with Gasteiger partial charge in [-0.05, 0) is 26.8 Å². The van der Waals surface area contributed by atoms with Gasteiger partial charge in [-0.3, -0.25) is 4.79 Å². The SMILES string of the molecule is COc1ccc(C(=O)C2CN(C(=O)OC(C)(C)C)CCO2)cn1. The Balaban J connectivity index is 2.02. The fourth-order valence-corrected chi connectivity index (χ4v) is 2.13. The quantitative estimate of drug-likeness (QED) is 0.791. The Morgan fingerprint density at radius 1 is 1.35 bits per heavy atom. The van der Waals surface area contributed by atoms with Crippen molar-refractivity contribution in [1.29, 1.82) is 0 Å². The molecule has 0 bridgehead atoms. The predicted molar refractivity (Wildman–Crippen MR) is 82.7 cm³/mol. The van der Waals surface area contributed by atoms with Gasteiger partial charge in [-0.2, -0.15) is 0 Å². The Morgan fingerprint density at radius 3 is 2.65 bits per heavy atom. The van der Waals surface area contributed by atoms with E-state index in [0.717, 1.165) is 0 Å². The van der Waals surface area contributed by atoms with Crippen molar-refractivity contribution in [1.82, 2.24) is 9.88 Å². The maximum Gasteiger partial charge on any atom is 0.410 e. The van der Waals surface area contributed by atoms with Crippen molar-refractivity contribution >= 4 is 11.9 Å². The number of ketones is 1. The number of Topliss-reactive ketones (excluding diaryl/α,β-unsaturated/α-hetero) is 1. The van der Waals surface area contributed by atoms with Crippen LogP contribution in [0.25, 0.3) is 0 Å². The zero-order chi connectivity index (χ0) is 17.0. The van der Waals surface area contributed by atoms with Gasteiger partial charge in [0.1, 0.15) is 11.7 Å². The standard InChI is InChI=1S/C16H22N2O5/c1-16(2,3)23-15(20)18-7-8-22-12(10-18)14(19)11-5-6-13(21-4)17-9-11/h5-6,9,12H,7-8,10H2,1-4H3. The third-order valence-electron chi connectivity index (χ3n) is 3.24. The summed E-state index contributed by atoms with van der Waals surface area (Å²) in [5.41, 5.74) is -0.156. The summed E-state index contributed by atoms with van der Waals surface area (Å²) in [5, 5.41) is 0. The molecule has 1 unspecified atom stereocenters. The molecule has 1 atom stereocenters. The van der Waals surface area contributed by atoms with Crippen LogP contribution in [-0.4, -0.2) is 60.3 Å². The van der Waals surface area contributed by atoms with Crippen LogP contribution in [0.1, 0.15) is 31.1 Å². The summed E-state index contributed by atoms with van der Waals surface area (Å²) in [6.07, 6.45) is 0.287. The fraction of sp³-hybridized carbons (Fsp3) is 0.562. The van der Waals surface area contributed by atoms with Crippen molar-refractivity contribution in [3.8, 4) is 5.88 Å². The van der Waals surface area contributed by atoms with Crippen LogP contribution in [0.3, 0.4) is 0 Å². The van der Waals surface area contributed by atoms with Crippen LogP contribution in [0, 0.1) is 0 Å². The highest BCUT2D eigenvalue weighted by Gasteiger charge is 2.32. The van der Waals surface area contributed by atoms with E-state index in [9.17, 15) is 9.59 Å². The van der Waals surface area contributed by atoms with Gasteiger partial charge in [0.15, 0.2) is 5.78 Å². The van der Waals surface area contributed by atoms with E-state index >= 15 is 0 Å². The minimum absolute atomic E-state index is 0.166. The summed E-state index contributed by atoms with van der Waals surface area (Å²) in [6.45, 7) is 6.27. The Morgan fingerprint density at radius 2 is 2.09 bits per heavy atom. The van der Waals surface area contributed by atoms with E-state index < -0.39 is 17.8 Å². The monoisotopic (exact) mass is 322 g/mol. The molecule has 23 heavy (non-hydrogen) atoms. The van der Waals surface area contributed by atoms with Crippen molar-refractivity contribution in [2.24, 2.45) is 0 Å². The van der Waals surface area contributed by atoms with Crippen molar-refractivity contribution in [2.75, 3.05) is 26.8 Å². The minimum Gasteiger partial charge on any atom is -0.481 e. The van der Waals surface area contributed by atoms with Gasteiger partial charge in [-0.1, -0.05) is 0 Å². The molecule has 7 heteroatoms. The summed E-state index contributed by atoms with van der Waals surface area (Å²) >= 11 is 0. The number of ether oxygens (including phenoxy) is 3. The molecule has 0 spiro atoms. The van der Waals surface area contributed by atoms with E-state index in [1.807, 2.05) is 0 Å². The molecule has 0 aliphatic carbocycles. The summed E-state index contributed by atoms with van der Waals surface area (Å²) in [5.74, 6) is 0.218. The average molecular weight is 322 g/mol. The predicted octanol–water partition coefficient (Wildman–Crippen LogP) is 1.91. The summed E-state index contributed by atoms with van der Waals surface area (Å²) in [7, 11) is 1.51. The molecule has 0 aromatic carbocycles. The van der Waals surface area contributed by atoms with E-state index in [1.54, 1.807) is 32.9 Å². The molecule has 1 amide bonds. The van der Waals surface area contributed by atoms with Crippen LogP contribution in [-0.2, 0) is 9.47 Å². The second kappa shape index (κ2) is 6.95. The maximum atomic E-state index is 12.5. The van der Waals surface area contributed by atoms with Crippen molar-refractivity contribution < 1.29 is 23.8 Å². The van der Waals surface area contributed by atoms with Gasteiger partial charge in [-0.15, -0.1) is 0 Å². The number of rotatable bonds is 3. The molecule has 1 aliphatic heterocycles. The number of morpholine rings is 1. The highest BCUT2D eigenvalue weighted by atomic mass is 16.6. The molecule has 1 aromatic rings. The second-order valence-corrected chi connectivity index (χ2v) is 6.24. The molecular weight excluding hydrogens is 300 g/mol. The molecule has 0 N–H and O–H groups in total. The number of pyridine rings is 1. The molecule has 1 aromatic heterocycles. The fourth-order valence-electron chi connectivity index (χ4n) is 2.13. The van der Waals surface area contributed by atoms with Gasteiger partial charge in [0.25, 0.3) is 0 Å². The summed E-state index contributed by atoms with van der Waals surface area (Å²) in [4.78, 5) is 30.1. The number of methoxy groups -OCH3 is 1. The van der Waals surface area contributed by atoms with E-state index in [4.69, 9.17) is 14.2 Å². The minimum atomic E-state index is -0.716. The average Bonchev–Trinajstić information content (AvgIpc) is 2.53. The smallest absolute Gasteiger partial charge is 0.410 e. The van der Waals surface area contributed by atoms with Crippen molar-refractivity contribution in [3.63, 3.8) is 0 Å². The van der Waals surface area contributed by atoms with Crippen LogP contribution in [0.15, 0.2) is 18.3 Å². The Hall–Kier alpha value is -2.15. The lowest BCUT2D eigenvalue weighted by Crippen LogP contribution is -2.50. The van der Waals surface area contributed by atoms with Gasteiger partial charge in [-0.25, -0.2) is 9.78 Å². The Labute approximate surface area is 135 Å². The second-order valence-electron chi connectivity index (χ2n) is 6.24. The van der Waals surface area contributed by atoms with Gasteiger partial charge in [0.2, 0.25) is 5.88 Å². The lowest BCUT2D eigenvalue weighted by atomic mass is 10.1.